The molecule has 0 radical (unpaired) electrons. The van der Waals surface area contributed by atoms with Crippen molar-refractivity contribution in [2.75, 3.05) is 7.05 Å². The highest BCUT2D eigenvalue weighted by Gasteiger charge is 1.97. The number of imidazole rings is 1. The molecule has 0 saturated heterocycles. The highest BCUT2D eigenvalue weighted by Crippen LogP contribution is 2.17. The molecular formula is C8H8N4O. The molecule has 2 N–H and O–H groups in total. The zero-order valence-electron chi connectivity index (χ0n) is 7.03. The van der Waals surface area contributed by atoms with Gasteiger partial charge in [-0.2, -0.15) is 10.2 Å². The van der Waals surface area contributed by atoms with E-state index in [0.717, 1.165) is 16.7 Å². The molecular weight excluding hydrogens is 168 g/mol. The van der Waals surface area contributed by atoms with Gasteiger partial charge in [0.15, 0.2) is 0 Å². The van der Waals surface area contributed by atoms with E-state index >= 15 is 0 Å². The average molecular weight is 176 g/mol. The van der Waals surface area contributed by atoms with Crippen LogP contribution in [0.3, 0.4) is 0 Å². The summed E-state index contributed by atoms with van der Waals surface area (Å²) in [4.78, 5) is 16.2. The van der Waals surface area contributed by atoms with Crippen molar-refractivity contribution in [1.82, 2.24) is 9.97 Å². The zero-order valence-corrected chi connectivity index (χ0v) is 7.03. The summed E-state index contributed by atoms with van der Waals surface area (Å²) in [5, 5.41) is 7.50. The van der Waals surface area contributed by atoms with Gasteiger partial charge in [0.05, 0.1) is 16.7 Å². The first kappa shape index (κ1) is 7.72. The molecule has 2 rings (SSSR count). The molecule has 0 bridgehead atoms. The molecule has 1 aromatic carbocycles. The van der Waals surface area contributed by atoms with Crippen molar-refractivity contribution in [1.29, 1.82) is 0 Å². The number of H-pyrrole nitrogens is 2. The second-order valence-corrected chi connectivity index (χ2v) is 2.61. The first-order chi connectivity index (χ1) is 6.29. The van der Waals surface area contributed by atoms with Gasteiger partial charge in [0.25, 0.3) is 0 Å². The van der Waals surface area contributed by atoms with Crippen LogP contribution in [-0.4, -0.2) is 17.0 Å². The third kappa shape index (κ3) is 1.35. The van der Waals surface area contributed by atoms with E-state index in [4.69, 9.17) is 0 Å². The summed E-state index contributed by atoms with van der Waals surface area (Å²) in [5.41, 5.74) is 2.04. The predicted octanol–water partition coefficient (Wildman–Crippen LogP) is 1.57. The standard InChI is InChI=1S/C8H8N4O/c1-9-12-5-2-3-6-7(4-5)11-8(13)10-6/h2-4H,1H3,(H2,10,11,13). The van der Waals surface area contributed by atoms with Gasteiger partial charge in [0, 0.05) is 7.05 Å². The van der Waals surface area contributed by atoms with Crippen LogP contribution >= 0.6 is 0 Å². The molecule has 0 amide bonds. The highest BCUT2D eigenvalue weighted by molar-refractivity contribution is 5.77. The van der Waals surface area contributed by atoms with Crippen LogP contribution in [0.1, 0.15) is 0 Å². The Morgan fingerprint density at radius 1 is 1.23 bits per heavy atom. The van der Waals surface area contributed by atoms with Gasteiger partial charge in [0.2, 0.25) is 0 Å². The van der Waals surface area contributed by atoms with Crippen molar-refractivity contribution in [2.45, 2.75) is 0 Å². The van der Waals surface area contributed by atoms with E-state index < -0.39 is 0 Å². The molecule has 0 aliphatic heterocycles. The Balaban J connectivity index is 2.67. The van der Waals surface area contributed by atoms with E-state index in [2.05, 4.69) is 20.2 Å². The molecule has 5 heteroatoms. The fourth-order valence-corrected chi connectivity index (χ4v) is 1.20. The van der Waals surface area contributed by atoms with Crippen LogP contribution in [-0.2, 0) is 0 Å². The summed E-state index contributed by atoms with van der Waals surface area (Å²) < 4.78 is 0. The van der Waals surface area contributed by atoms with Crippen LogP contribution in [0.25, 0.3) is 11.0 Å². The average Bonchev–Trinajstić information content (AvgIpc) is 2.44. The quantitative estimate of drug-likeness (QED) is 0.636. The Kier molecular flexibility index (Phi) is 1.70. The maximum Gasteiger partial charge on any atom is 0.323 e. The number of benzene rings is 1. The maximum absolute atomic E-state index is 10.9. The number of hydrogen-bond donors (Lipinski definition) is 2. The fourth-order valence-electron chi connectivity index (χ4n) is 1.20. The van der Waals surface area contributed by atoms with Gasteiger partial charge in [-0.1, -0.05) is 0 Å². The number of azo groups is 1. The highest BCUT2D eigenvalue weighted by atomic mass is 16.1. The summed E-state index contributed by atoms with van der Waals surface area (Å²) in [7, 11) is 1.60. The molecule has 1 aromatic heterocycles. The number of rotatable bonds is 1. The van der Waals surface area contributed by atoms with E-state index in [0.29, 0.717) is 0 Å². The molecule has 0 aliphatic rings. The minimum Gasteiger partial charge on any atom is -0.306 e. The van der Waals surface area contributed by atoms with Crippen LogP contribution in [0.4, 0.5) is 5.69 Å². The lowest BCUT2D eigenvalue weighted by atomic mass is 10.3. The van der Waals surface area contributed by atoms with Crippen molar-refractivity contribution in [2.24, 2.45) is 10.2 Å². The number of hydrogen-bond acceptors (Lipinski definition) is 3. The largest absolute Gasteiger partial charge is 0.323 e. The van der Waals surface area contributed by atoms with Crippen molar-refractivity contribution in [3.05, 3.63) is 28.7 Å². The maximum atomic E-state index is 10.9. The molecule has 5 nitrogen and oxygen atoms in total. The minimum absolute atomic E-state index is 0.208. The molecule has 66 valence electrons. The fraction of sp³-hybridized carbons (Fsp3) is 0.125. The third-order valence-corrected chi connectivity index (χ3v) is 1.72. The van der Waals surface area contributed by atoms with Gasteiger partial charge in [-0.25, -0.2) is 4.79 Å². The van der Waals surface area contributed by atoms with E-state index in [1.165, 1.54) is 0 Å². The van der Waals surface area contributed by atoms with E-state index in [1.54, 1.807) is 25.2 Å². The summed E-state index contributed by atoms with van der Waals surface area (Å²) in [6.07, 6.45) is 0. The van der Waals surface area contributed by atoms with Crippen molar-refractivity contribution in [3.8, 4) is 0 Å². The number of nitrogens with zero attached hydrogens (tertiary/aromatic N) is 2. The molecule has 0 unspecified atom stereocenters. The van der Waals surface area contributed by atoms with Gasteiger partial charge in [-0.3, -0.25) is 0 Å². The Morgan fingerprint density at radius 2 is 2.00 bits per heavy atom. The molecule has 0 atom stereocenters. The SMILES string of the molecule is CN=Nc1ccc2[nH]c(=O)[nH]c2c1. The first-order valence-electron chi connectivity index (χ1n) is 3.81. The molecule has 0 fully saturated rings. The summed E-state index contributed by atoms with van der Waals surface area (Å²) in [6.45, 7) is 0. The van der Waals surface area contributed by atoms with Gasteiger partial charge < -0.3 is 9.97 Å². The topological polar surface area (TPSA) is 73.4 Å². The van der Waals surface area contributed by atoms with Crippen LogP contribution in [0.15, 0.2) is 33.2 Å². The molecule has 13 heavy (non-hydrogen) atoms. The smallest absolute Gasteiger partial charge is 0.306 e. The third-order valence-electron chi connectivity index (χ3n) is 1.72. The molecule has 0 saturated carbocycles. The van der Waals surface area contributed by atoms with Crippen LogP contribution in [0.2, 0.25) is 0 Å². The minimum atomic E-state index is -0.208. The number of nitrogens with one attached hydrogen (secondary N) is 2. The van der Waals surface area contributed by atoms with Gasteiger partial charge >= 0.3 is 5.69 Å². The molecule has 1 heterocycles. The zero-order chi connectivity index (χ0) is 9.26. The number of aromatic amines is 2. The normalized spacial score (nSPS) is 11.5. The van der Waals surface area contributed by atoms with Crippen molar-refractivity contribution in [3.63, 3.8) is 0 Å². The lowest BCUT2D eigenvalue weighted by molar-refractivity contribution is 1.17. The lowest BCUT2D eigenvalue weighted by Gasteiger charge is -1.90. The van der Waals surface area contributed by atoms with Crippen LogP contribution in [0, 0.1) is 0 Å². The summed E-state index contributed by atoms with van der Waals surface area (Å²) in [5.74, 6) is 0. The summed E-state index contributed by atoms with van der Waals surface area (Å²) in [6, 6.07) is 5.34. The number of aromatic nitrogens is 2. The van der Waals surface area contributed by atoms with Gasteiger partial charge in [0.1, 0.15) is 0 Å². The Labute approximate surface area is 73.5 Å². The van der Waals surface area contributed by atoms with Crippen molar-refractivity contribution < 1.29 is 0 Å². The predicted molar refractivity (Wildman–Crippen MR) is 49.4 cm³/mol. The van der Waals surface area contributed by atoms with Crippen LogP contribution < -0.4 is 5.69 Å². The van der Waals surface area contributed by atoms with Crippen molar-refractivity contribution >= 4 is 16.7 Å². The monoisotopic (exact) mass is 176 g/mol. The Hall–Kier alpha value is -1.91. The second kappa shape index (κ2) is 2.85. The van der Waals surface area contributed by atoms with Gasteiger partial charge in [-0.15, -0.1) is 0 Å². The lowest BCUT2D eigenvalue weighted by Crippen LogP contribution is -1.99. The van der Waals surface area contributed by atoms with E-state index in [-0.39, 0.29) is 5.69 Å². The van der Waals surface area contributed by atoms with E-state index in [9.17, 15) is 4.79 Å². The first-order valence-corrected chi connectivity index (χ1v) is 3.81. The molecule has 0 spiro atoms. The van der Waals surface area contributed by atoms with E-state index in [1.807, 2.05) is 0 Å². The molecule has 0 aliphatic carbocycles. The summed E-state index contributed by atoms with van der Waals surface area (Å²) >= 11 is 0. The second-order valence-electron chi connectivity index (χ2n) is 2.61. The van der Waals surface area contributed by atoms with Crippen LogP contribution in [0.5, 0.6) is 0 Å². The van der Waals surface area contributed by atoms with Gasteiger partial charge in [-0.05, 0) is 18.2 Å². The number of fused-ring (bicyclic) bond motifs is 1. The molecule has 2 aromatic rings. The Bertz CT molecular complexity index is 508. The Morgan fingerprint density at radius 3 is 2.77 bits per heavy atom.